The fourth-order valence-electron chi connectivity index (χ4n) is 2.24. The number of nitrogens with zero attached hydrogens (tertiary/aromatic N) is 2. The second-order valence-corrected chi connectivity index (χ2v) is 4.49. The van der Waals surface area contributed by atoms with Gasteiger partial charge in [0.05, 0.1) is 24.2 Å². The van der Waals surface area contributed by atoms with Crippen LogP contribution >= 0.6 is 11.6 Å². The van der Waals surface area contributed by atoms with Gasteiger partial charge in [-0.1, -0.05) is 0 Å². The van der Waals surface area contributed by atoms with Crippen LogP contribution in [0.2, 0.25) is 0 Å². The number of halogens is 1. The summed E-state index contributed by atoms with van der Waals surface area (Å²) in [5.74, 6) is 1.29. The highest BCUT2D eigenvalue weighted by atomic mass is 35.5. The minimum atomic E-state index is -0.467. The number of aliphatic hydroxyl groups excluding tert-OH is 1. The van der Waals surface area contributed by atoms with Crippen LogP contribution in [-0.2, 0) is 19.4 Å². The molecule has 1 N–H and O–H groups in total. The maximum atomic E-state index is 9.58. The Balaban J connectivity index is 2.25. The van der Waals surface area contributed by atoms with Crippen LogP contribution in [0.15, 0.2) is 0 Å². The highest BCUT2D eigenvalue weighted by Gasteiger charge is 2.19. The molecule has 15 heavy (non-hydrogen) atoms. The number of fused-ring (bicyclic) bond motifs is 1. The van der Waals surface area contributed by atoms with E-state index in [9.17, 15) is 5.11 Å². The lowest BCUT2D eigenvalue weighted by atomic mass is 10.0. The van der Waals surface area contributed by atoms with Gasteiger partial charge in [-0.2, -0.15) is 0 Å². The summed E-state index contributed by atoms with van der Waals surface area (Å²) >= 11 is 5.62. The van der Waals surface area contributed by atoms with Crippen molar-refractivity contribution in [3.63, 3.8) is 0 Å². The fraction of sp³-hybridized carbons (Fsp3) is 0.727. The standard InChI is InChI=1S/C11H17ClN2O/c1-8-13-10-4-2-3-5-11(10)14(8)7-9(15)6-12/h9,15H,2-7H2,1H3. The summed E-state index contributed by atoms with van der Waals surface area (Å²) in [6, 6.07) is 0. The monoisotopic (exact) mass is 228 g/mol. The number of imidazole rings is 1. The van der Waals surface area contributed by atoms with E-state index < -0.39 is 6.10 Å². The smallest absolute Gasteiger partial charge is 0.106 e. The zero-order chi connectivity index (χ0) is 10.8. The lowest BCUT2D eigenvalue weighted by molar-refractivity contribution is 0.174. The van der Waals surface area contributed by atoms with Crippen molar-refractivity contribution in [1.82, 2.24) is 9.55 Å². The van der Waals surface area contributed by atoms with Gasteiger partial charge >= 0.3 is 0 Å². The minimum Gasteiger partial charge on any atom is -0.390 e. The molecule has 0 spiro atoms. The van der Waals surface area contributed by atoms with Gasteiger partial charge in [-0.3, -0.25) is 0 Å². The van der Waals surface area contributed by atoms with Crippen LogP contribution in [0.1, 0.15) is 30.1 Å². The number of hydrogen-bond acceptors (Lipinski definition) is 2. The summed E-state index contributed by atoms with van der Waals surface area (Å²) in [6.07, 6.45) is 4.17. The van der Waals surface area contributed by atoms with Crippen LogP contribution in [-0.4, -0.2) is 26.6 Å². The molecule has 1 heterocycles. The van der Waals surface area contributed by atoms with Crippen LogP contribution in [0.5, 0.6) is 0 Å². The van der Waals surface area contributed by atoms with Gasteiger partial charge in [-0.15, -0.1) is 11.6 Å². The Bertz CT molecular complexity index is 349. The van der Waals surface area contributed by atoms with Crippen LogP contribution in [0, 0.1) is 6.92 Å². The van der Waals surface area contributed by atoms with E-state index in [4.69, 9.17) is 11.6 Å². The molecule has 0 saturated heterocycles. The summed E-state index contributed by atoms with van der Waals surface area (Å²) in [6.45, 7) is 2.58. The van der Waals surface area contributed by atoms with Gasteiger partial charge < -0.3 is 9.67 Å². The second-order valence-electron chi connectivity index (χ2n) is 4.18. The predicted molar refractivity (Wildman–Crippen MR) is 60.3 cm³/mol. The number of aryl methyl sites for hydroxylation is 2. The van der Waals surface area contributed by atoms with Crippen LogP contribution in [0.4, 0.5) is 0 Å². The average Bonchev–Trinajstić information content (AvgIpc) is 2.55. The number of hydrogen-bond donors (Lipinski definition) is 1. The van der Waals surface area contributed by atoms with Gasteiger partial charge in [0, 0.05) is 5.69 Å². The van der Waals surface area contributed by atoms with Crippen LogP contribution in [0.25, 0.3) is 0 Å². The highest BCUT2D eigenvalue weighted by Crippen LogP contribution is 2.22. The molecule has 0 radical (unpaired) electrons. The highest BCUT2D eigenvalue weighted by molar-refractivity contribution is 6.18. The molecule has 0 aromatic carbocycles. The van der Waals surface area contributed by atoms with E-state index in [1.807, 2.05) is 6.92 Å². The van der Waals surface area contributed by atoms with Crippen molar-refractivity contribution in [2.45, 2.75) is 45.3 Å². The third kappa shape index (κ3) is 2.18. The fourth-order valence-corrected chi connectivity index (χ4v) is 2.34. The third-order valence-electron chi connectivity index (χ3n) is 2.99. The van der Waals surface area contributed by atoms with E-state index in [-0.39, 0.29) is 5.88 Å². The van der Waals surface area contributed by atoms with Crippen LogP contribution < -0.4 is 0 Å². The Labute approximate surface area is 95.1 Å². The van der Waals surface area contributed by atoms with Gasteiger partial charge in [0.2, 0.25) is 0 Å². The van der Waals surface area contributed by atoms with E-state index in [0.717, 1.165) is 18.7 Å². The summed E-state index contributed by atoms with van der Waals surface area (Å²) in [5.41, 5.74) is 2.53. The summed E-state index contributed by atoms with van der Waals surface area (Å²) < 4.78 is 2.13. The van der Waals surface area contributed by atoms with E-state index >= 15 is 0 Å². The molecule has 1 atom stereocenters. The zero-order valence-corrected chi connectivity index (χ0v) is 9.80. The zero-order valence-electron chi connectivity index (χ0n) is 9.04. The lowest BCUT2D eigenvalue weighted by Gasteiger charge is -2.16. The normalized spacial score (nSPS) is 17.5. The molecule has 1 aliphatic rings. The van der Waals surface area contributed by atoms with Crippen molar-refractivity contribution >= 4 is 11.6 Å². The second kappa shape index (κ2) is 4.54. The number of aromatic nitrogens is 2. The maximum absolute atomic E-state index is 9.58. The molecule has 1 aliphatic carbocycles. The van der Waals surface area contributed by atoms with E-state index in [1.54, 1.807) is 0 Å². The molecule has 2 rings (SSSR count). The molecule has 1 unspecified atom stereocenters. The van der Waals surface area contributed by atoms with Crippen LogP contribution in [0.3, 0.4) is 0 Å². The first-order valence-corrected chi connectivity index (χ1v) is 6.04. The van der Waals surface area contributed by atoms with Crippen molar-refractivity contribution in [1.29, 1.82) is 0 Å². The van der Waals surface area contributed by atoms with Crippen molar-refractivity contribution in [2.75, 3.05) is 5.88 Å². The Kier molecular flexibility index (Phi) is 3.32. The summed E-state index contributed by atoms with van der Waals surface area (Å²) in [7, 11) is 0. The van der Waals surface area contributed by atoms with Crippen molar-refractivity contribution in [3.05, 3.63) is 17.2 Å². The molecule has 0 fully saturated rings. The van der Waals surface area contributed by atoms with E-state index in [0.29, 0.717) is 6.54 Å². The van der Waals surface area contributed by atoms with Gasteiger partial charge in [0.15, 0.2) is 0 Å². The number of rotatable bonds is 3. The summed E-state index contributed by atoms with van der Waals surface area (Å²) in [4.78, 5) is 4.55. The molecule has 3 nitrogen and oxygen atoms in total. The third-order valence-corrected chi connectivity index (χ3v) is 3.35. The van der Waals surface area contributed by atoms with Gasteiger partial charge in [0.1, 0.15) is 5.82 Å². The van der Waals surface area contributed by atoms with Crippen molar-refractivity contribution < 1.29 is 5.11 Å². The minimum absolute atomic E-state index is 0.284. The Morgan fingerprint density at radius 3 is 2.93 bits per heavy atom. The molecule has 84 valence electrons. The lowest BCUT2D eigenvalue weighted by Crippen LogP contribution is -2.20. The number of aliphatic hydroxyl groups is 1. The topological polar surface area (TPSA) is 38.0 Å². The molecule has 4 heteroatoms. The number of alkyl halides is 1. The molecule has 0 amide bonds. The van der Waals surface area contributed by atoms with Gasteiger partial charge in [-0.05, 0) is 32.6 Å². The molecule has 0 saturated carbocycles. The van der Waals surface area contributed by atoms with E-state index in [2.05, 4.69) is 9.55 Å². The average molecular weight is 229 g/mol. The quantitative estimate of drug-likeness (QED) is 0.800. The first-order chi connectivity index (χ1) is 7.22. The molecule has 1 aromatic heterocycles. The van der Waals surface area contributed by atoms with Gasteiger partial charge in [-0.25, -0.2) is 4.98 Å². The van der Waals surface area contributed by atoms with E-state index in [1.165, 1.54) is 24.2 Å². The predicted octanol–water partition coefficient (Wildman–Crippen LogP) is 1.67. The molecular weight excluding hydrogens is 212 g/mol. The maximum Gasteiger partial charge on any atom is 0.106 e. The SMILES string of the molecule is Cc1nc2c(n1CC(O)CCl)CCCC2. The van der Waals surface area contributed by atoms with Crippen molar-refractivity contribution in [2.24, 2.45) is 0 Å². The Hall–Kier alpha value is -0.540. The Morgan fingerprint density at radius 1 is 1.47 bits per heavy atom. The molecular formula is C11H17ClN2O. The molecule has 0 bridgehead atoms. The first kappa shape index (κ1) is 11.0. The Morgan fingerprint density at radius 2 is 2.20 bits per heavy atom. The largest absolute Gasteiger partial charge is 0.390 e. The first-order valence-electron chi connectivity index (χ1n) is 5.51. The molecule has 0 aliphatic heterocycles. The van der Waals surface area contributed by atoms with Gasteiger partial charge in [0.25, 0.3) is 0 Å². The van der Waals surface area contributed by atoms with Crippen molar-refractivity contribution in [3.8, 4) is 0 Å². The summed E-state index contributed by atoms with van der Waals surface area (Å²) in [5, 5.41) is 9.58. The molecule has 1 aromatic rings.